The predicted octanol–water partition coefficient (Wildman–Crippen LogP) is 4.77. The lowest BCUT2D eigenvalue weighted by molar-refractivity contribution is 0.457. The molecule has 0 aliphatic heterocycles. The van der Waals surface area contributed by atoms with E-state index in [1.54, 1.807) is 18.5 Å². The van der Waals surface area contributed by atoms with Gasteiger partial charge in [-0.3, -0.25) is 9.98 Å². The molecule has 27 heavy (non-hydrogen) atoms. The first-order valence-electron chi connectivity index (χ1n) is 8.46. The third-order valence-electron chi connectivity index (χ3n) is 4.21. The van der Waals surface area contributed by atoms with Crippen LogP contribution >= 0.6 is 0 Å². The van der Waals surface area contributed by atoms with Gasteiger partial charge >= 0.3 is 0 Å². The summed E-state index contributed by atoms with van der Waals surface area (Å²) < 4.78 is 13.3. The Kier molecular flexibility index (Phi) is 4.53. The standard InChI is InChI=1S/C21H17FN4O/c22-15-3-8-18-19(21(27)26-20(18)10-15)13-25-17-6-4-16(5-7-17)24-12-14-2-1-9-23-11-14/h1-11,13,24,26-27H,12H2. The number of aliphatic imine (C=N–C) groups is 1. The first kappa shape index (κ1) is 16.8. The lowest BCUT2D eigenvalue weighted by Gasteiger charge is -2.06. The summed E-state index contributed by atoms with van der Waals surface area (Å²) in [5.74, 6) is -0.393. The van der Waals surface area contributed by atoms with E-state index in [0.29, 0.717) is 23.0 Å². The molecule has 4 rings (SSSR count). The van der Waals surface area contributed by atoms with Gasteiger partial charge in [-0.25, -0.2) is 4.39 Å². The van der Waals surface area contributed by atoms with Gasteiger partial charge in [0.05, 0.1) is 16.8 Å². The van der Waals surface area contributed by atoms with Crippen LogP contribution in [-0.2, 0) is 6.54 Å². The molecule has 0 unspecified atom stereocenters. The Morgan fingerprint density at radius 2 is 2.00 bits per heavy atom. The summed E-state index contributed by atoms with van der Waals surface area (Å²) in [6, 6.07) is 15.9. The smallest absolute Gasteiger partial charge is 0.198 e. The monoisotopic (exact) mass is 360 g/mol. The van der Waals surface area contributed by atoms with Crippen molar-refractivity contribution in [3.8, 4) is 5.88 Å². The van der Waals surface area contributed by atoms with Gasteiger partial charge in [-0.2, -0.15) is 0 Å². The van der Waals surface area contributed by atoms with Crippen molar-refractivity contribution in [3.05, 3.63) is 83.9 Å². The number of aromatic nitrogens is 2. The number of nitrogens with one attached hydrogen (secondary N) is 2. The van der Waals surface area contributed by atoms with Crippen molar-refractivity contribution in [2.45, 2.75) is 6.54 Å². The predicted molar refractivity (Wildman–Crippen MR) is 105 cm³/mol. The van der Waals surface area contributed by atoms with Gasteiger partial charge in [-0.15, -0.1) is 0 Å². The van der Waals surface area contributed by atoms with Crippen molar-refractivity contribution in [3.63, 3.8) is 0 Å². The topological polar surface area (TPSA) is 73.3 Å². The third-order valence-corrected chi connectivity index (χ3v) is 4.21. The van der Waals surface area contributed by atoms with Crippen LogP contribution < -0.4 is 5.32 Å². The van der Waals surface area contributed by atoms with Crippen LogP contribution in [0.2, 0.25) is 0 Å². The molecule has 0 bridgehead atoms. The van der Waals surface area contributed by atoms with E-state index in [9.17, 15) is 9.50 Å². The molecule has 5 nitrogen and oxygen atoms in total. The van der Waals surface area contributed by atoms with Crippen molar-refractivity contribution < 1.29 is 9.50 Å². The average molecular weight is 360 g/mol. The quantitative estimate of drug-likeness (QED) is 0.449. The van der Waals surface area contributed by atoms with E-state index in [1.807, 2.05) is 42.6 Å². The second kappa shape index (κ2) is 7.29. The number of aromatic amines is 1. The van der Waals surface area contributed by atoms with Gasteiger partial charge in [-0.05, 0) is 54.1 Å². The number of H-pyrrole nitrogens is 1. The summed E-state index contributed by atoms with van der Waals surface area (Å²) in [4.78, 5) is 11.3. The SMILES string of the molecule is Oc1[nH]c2cc(F)ccc2c1C=Nc1ccc(NCc2cccnc2)cc1. The van der Waals surface area contributed by atoms with Gasteiger partial charge in [0.1, 0.15) is 5.82 Å². The van der Waals surface area contributed by atoms with Gasteiger partial charge in [-0.1, -0.05) is 6.07 Å². The van der Waals surface area contributed by atoms with Crippen molar-refractivity contribution in [1.82, 2.24) is 9.97 Å². The number of benzene rings is 2. The highest BCUT2D eigenvalue weighted by Gasteiger charge is 2.09. The maximum atomic E-state index is 13.3. The molecule has 0 aliphatic rings. The lowest BCUT2D eigenvalue weighted by Crippen LogP contribution is -1.98. The molecule has 2 aromatic heterocycles. The molecule has 2 aromatic carbocycles. The molecule has 0 amide bonds. The summed E-state index contributed by atoms with van der Waals surface area (Å²) >= 11 is 0. The number of anilines is 1. The second-order valence-electron chi connectivity index (χ2n) is 6.10. The molecule has 4 aromatic rings. The number of hydrogen-bond acceptors (Lipinski definition) is 4. The van der Waals surface area contributed by atoms with E-state index in [-0.39, 0.29) is 11.7 Å². The van der Waals surface area contributed by atoms with Crippen LogP contribution in [0.5, 0.6) is 5.88 Å². The number of pyridine rings is 1. The summed E-state index contributed by atoms with van der Waals surface area (Å²) in [5, 5.41) is 14.1. The first-order valence-corrected chi connectivity index (χ1v) is 8.46. The Bertz CT molecular complexity index is 1090. The fraction of sp³-hybridized carbons (Fsp3) is 0.0476. The number of nitrogens with zero attached hydrogens (tertiary/aromatic N) is 2. The number of aromatic hydroxyl groups is 1. The first-order chi connectivity index (χ1) is 13.2. The van der Waals surface area contributed by atoms with Crippen LogP contribution in [0.25, 0.3) is 10.9 Å². The number of fused-ring (bicyclic) bond motifs is 1. The van der Waals surface area contributed by atoms with Crippen LogP contribution in [0.3, 0.4) is 0 Å². The zero-order chi connectivity index (χ0) is 18.6. The van der Waals surface area contributed by atoms with E-state index < -0.39 is 0 Å². The summed E-state index contributed by atoms with van der Waals surface area (Å²) in [5.41, 5.74) is 3.89. The van der Waals surface area contributed by atoms with Crippen LogP contribution in [0.15, 0.2) is 72.0 Å². The second-order valence-corrected chi connectivity index (χ2v) is 6.10. The Balaban J connectivity index is 1.48. The van der Waals surface area contributed by atoms with E-state index >= 15 is 0 Å². The fourth-order valence-electron chi connectivity index (χ4n) is 2.82. The molecule has 0 saturated carbocycles. The molecule has 3 N–H and O–H groups in total. The normalized spacial score (nSPS) is 11.3. The zero-order valence-corrected chi connectivity index (χ0v) is 14.4. The molecular weight excluding hydrogens is 343 g/mol. The van der Waals surface area contributed by atoms with Crippen molar-refractivity contribution >= 4 is 28.5 Å². The Hall–Kier alpha value is -3.67. The third kappa shape index (κ3) is 3.79. The molecule has 0 fully saturated rings. The van der Waals surface area contributed by atoms with E-state index in [4.69, 9.17) is 0 Å². The average Bonchev–Trinajstić information content (AvgIpc) is 3.00. The van der Waals surface area contributed by atoms with Gasteiger partial charge in [0.2, 0.25) is 0 Å². The summed E-state index contributed by atoms with van der Waals surface area (Å²) in [6.45, 7) is 0.691. The van der Waals surface area contributed by atoms with Gasteiger partial charge in [0.25, 0.3) is 0 Å². The molecular formula is C21H17FN4O. The van der Waals surface area contributed by atoms with Crippen LogP contribution in [-0.4, -0.2) is 21.3 Å². The van der Waals surface area contributed by atoms with E-state index in [0.717, 1.165) is 16.9 Å². The summed E-state index contributed by atoms with van der Waals surface area (Å²) in [6.07, 6.45) is 5.15. The maximum absolute atomic E-state index is 13.3. The Labute approximate surface area is 155 Å². The molecule has 6 heteroatoms. The highest BCUT2D eigenvalue weighted by Crippen LogP contribution is 2.27. The number of halogens is 1. The molecule has 2 heterocycles. The minimum atomic E-state index is -0.360. The number of rotatable bonds is 5. The van der Waals surface area contributed by atoms with Crippen LogP contribution in [0.4, 0.5) is 15.8 Å². The molecule has 134 valence electrons. The highest BCUT2D eigenvalue weighted by atomic mass is 19.1. The summed E-state index contributed by atoms with van der Waals surface area (Å²) in [7, 11) is 0. The molecule has 0 radical (unpaired) electrons. The van der Waals surface area contributed by atoms with Gasteiger partial charge in [0, 0.05) is 36.2 Å². The van der Waals surface area contributed by atoms with Gasteiger partial charge in [0.15, 0.2) is 5.88 Å². The van der Waals surface area contributed by atoms with Crippen molar-refractivity contribution in [2.75, 3.05) is 5.32 Å². The molecule has 0 spiro atoms. The zero-order valence-electron chi connectivity index (χ0n) is 14.4. The Morgan fingerprint density at radius 3 is 2.78 bits per heavy atom. The fourth-order valence-corrected chi connectivity index (χ4v) is 2.82. The van der Waals surface area contributed by atoms with Crippen molar-refractivity contribution in [2.24, 2.45) is 4.99 Å². The van der Waals surface area contributed by atoms with E-state index in [2.05, 4.69) is 20.3 Å². The van der Waals surface area contributed by atoms with Crippen LogP contribution in [0.1, 0.15) is 11.1 Å². The van der Waals surface area contributed by atoms with Crippen molar-refractivity contribution in [1.29, 1.82) is 0 Å². The molecule has 0 atom stereocenters. The van der Waals surface area contributed by atoms with E-state index in [1.165, 1.54) is 12.1 Å². The maximum Gasteiger partial charge on any atom is 0.198 e. The molecule has 0 saturated heterocycles. The Morgan fingerprint density at radius 1 is 1.15 bits per heavy atom. The lowest BCUT2D eigenvalue weighted by atomic mass is 10.2. The number of hydrogen-bond donors (Lipinski definition) is 3. The largest absolute Gasteiger partial charge is 0.494 e. The minimum absolute atomic E-state index is 0.0332. The highest BCUT2D eigenvalue weighted by molar-refractivity contribution is 6.02. The van der Waals surface area contributed by atoms with Gasteiger partial charge < -0.3 is 15.4 Å². The minimum Gasteiger partial charge on any atom is -0.494 e. The molecule has 0 aliphatic carbocycles. The van der Waals surface area contributed by atoms with Crippen LogP contribution in [0, 0.1) is 5.82 Å².